The van der Waals surface area contributed by atoms with Gasteiger partial charge in [-0.3, -0.25) is 0 Å². The zero-order chi connectivity index (χ0) is 15.6. The molecule has 0 heterocycles. The van der Waals surface area contributed by atoms with Gasteiger partial charge in [0.25, 0.3) is 0 Å². The van der Waals surface area contributed by atoms with Gasteiger partial charge in [-0.05, 0) is 42.8 Å². The highest BCUT2D eigenvalue weighted by molar-refractivity contribution is 9.10. The van der Waals surface area contributed by atoms with E-state index in [9.17, 15) is 12.8 Å². The molecule has 0 aliphatic rings. The van der Waals surface area contributed by atoms with Gasteiger partial charge in [-0.15, -0.1) is 0 Å². The Labute approximate surface area is 139 Å². The first-order valence-electron chi connectivity index (χ1n) is 6.02. The molecule has 0 fully saturated rings. The summed E-state index contributed by atoms with van der Waals surface area (Å²) in [5.41, 5.74) is 0.783. The summed E-state index contributed by atoms with van der Waals surface area (Å²) in [7, 11) is -3.93. The van der Waals surface area contributed by atoms with Gasteiger partial charge in [-0.1, -0.05) is 44.0 Å². The van der Waals surface area contributed by atoms with Gasteiger partial charge in [-0.25, -0.2) is 17.5 Å². The number of rotatable bonds is 4. The topological polar surface area (TPSA) is 46.2 Å². The number of halogens is 3. The molecule has 0 saturated carbocycles. The first-order valence-corrected chi connectivity index (χ1v) is 9.09. The summed E-state index contributed by atoms with van der Waals surface area (Å²) in [5.74, 6) is -0.793. The van der Waals surface area contributed by atoms with E-state index in [0.717, 1.165) is 16.1 Å². The van der Waals surface area contributed by atoms with Crippen LogP contribution in [0.3, 0.4) is 0 Å². The molecular weight excluding hydrogens is 425 g/mol. The van der Waals surface area contributed by atoms with Gasteiger partial charge in [0.15, 0.2) is 0 Å². The first-order chi connectivity index (χ1) is 9.79. The average Bonchev–Trinajstić information content (AvgIpc) is 2.37. The van der Waals surface area contributed by atoms with E-state index in [1.165, 1.54) is 12.1 Å². The van der Waals surface area contributed by atoms with Crippen LogP contribution in [0.25, 0.3) is 0 Å². The fourth-order valence-electron chi connectivity index (χ4n) is 1.83. The van der Waals surface area contributed by atoms with Crippen molar-refractivity contribution < 1.29 is 12.8 Å². The third kappa shape index (κ3) is 4.12. The smallest absolute Gasteiger partial charge is 0.207 e. The molecule has 2 aromatic carbocycles. The number of nitrogens with one attached hydrogen (secondary N) is 1. The van der Waals surface area contributed by atoms with Crippen LogP contribution in [0.2, 0.25) is 0 Å². The molecule has 0 spiro atoms. The second kappa shape index (κ2) is 6.56. The van der Waals surface area contributed by atoms with Gasteiger partial charge in [-0.2, -0.15) is 0 Å². The van der Waals surface area contributed by atoms with Crippen LogP contribution in [0, 0.1) is 5.82 Å². The normalized spacial score (nSPS) is 13.1. The summed E-state index contributed by atoms with van der Waals surface area (Å²) in [6.07, 6.45) is 0. The number of sulfonamides is 1. The van der Waals surface area contributed by atoms with E-state index in [2.05, 4.69) is 36.6 Å². The van der Waals surface area contributed by atoms with Crippen molar-refractivity contribution in [1.29, 1.82) is 0 Å². The van der Waals surface area contributed by atoms with Crippen molar-refractivity contribution in [3.05, 3.63) is 62.8 Å². The first kappa shape index (κ1) is 16.6. The molecule has 0 amide bonds. The number of hydrogen-bond donors (Lipinski definition) is 1. The highest BCUT2D eigenvalue weighted by Crippen LogP contribution is 2.23. The second-order valence-corrected chi connectivity index (χ2v) is 7.99. The van der Waals surface area contributed by atoms with Crippen LogP contribution in [-0.4, -0.2) is 8.42 Å². The minimum absolute atomic E-state index is 0.368. The Morgan fingerprint density at radius 1 is 1.10 bits per heavy atom. The Bertz CT molecular complexity index is 765. The van der Waals surface area contributed by atoms with Crippen molar-refractivity contribution >= 4 is 41.9 Å². The van der Waals surface area contributed by atoms with E-state index >= 15 is 0 Å². The number of hydrogen-bond acceptors (Lipinski definition) is 2. The number of benzene rings is 2. The van der Waals surface area contributed by atoms with Crippen LogP contribution in [0.15, 0.2) is 56.3 Å². The molecule has 21 heavy (non-hydrogen) atoms. The van der Waals surface area contributed by atoms with E-state index in [4.69, 9.17) is 0 Å². The van der Waals surface area contributed by atoms with E-state index in [0.29, 0.717) is 4.47 Å². The van der Waals surface area contributed by atoms with Crippen LogP contribution >= 0.6 is 31.9 Å². The summed E-state index contributed by atoms with van der Waals surface area (Å²) in [6.45, 7) is 1.70. The van der Waals surface area contributed by atoms with Crippen LogP contribution in [0.5, 0.6) is 0 Å². The largest absolute Gasteiger partial charge is 0.244 e. The highest BCUT2D eigenvalue weighted by atomic mass is 79.9. The lowest BCUT2D eigenvalue weighted by Gasteiger charge is -2.15. The summed E-state index contributed by atoms with van der Waals surface area (Å²) < 4.78 is 42.1. The van der Waals surface area contributed by atoms with Crippen LogP contribution in [0.1, 0.15) is 18.5 Å². The van der Waals surface area contributed by atoms with Gasteiger partial charge in [0, 0.05) is 15.0 Å². The molecule has 0 bridgehead atoms. The molecule has 1 unspecified atom stereocenters. The van der Waals surface area contributed by atoms with Gasteiger partial charge < -0.3 is 0 Å². The Hall–Kier alpha value is -0.760. The summed E-state index contributed by atoms with van der Waals surface area (Å²) in [6, 6.07) is 10.6. The maximum atomic E-state index is 13.8. The predicted molar refractivity (Wildman–Crippen MR) is 87.0 cm³/mol. The van der Waals surface area contributed by atoms with E-state index in [1.54, 1.807) is 13.0 Å². The third-order valence-electron chi connectivity index (χ3n) is 2.86. The maximum absolute atomic E-state index is 13.8. The van der Waals surface area contributed by atoms with Gasteiger partial charge in [0.2, 0.25) is 10.0 Å². The second-order valence-electron chi connectivity index (χ2n) is 4.47. The minimum Gasteiger partial charge on any atom is -0.207 e. The standard InChI is InChI=1S/C14H12Br2FNO2S/c1-9(10-3-2-4-11(15)7-10)18-21(19,20)14-6-5-12(16)8-13(14)17/h2-9,18H,1H3. The lowest BCUT2D eigenvalue weighted by atomic mass is 10.1. The molecule has 0 aliphatic heterocycles. The Morgan fingerprint density at radius 2 is 1.76 bits per heavy atom. The van der Waals surface area contributed by atoms with Crippen molar-refractivity contribution in [3.8, 4) is 0 Å². The summed E-state index contributed by atoms with van der Waals surface area (Å²) >= 11 is 6.43. The highest BCUT2D eigenvalue weighted by Gasteiger charge is 2.22. The van der Waals surface area contributed by atoms with Gasteiger partial charge in [0.05, 0.1) is 0 Å². The van der Waals surface area contributed by atoms with E-state index < -0.39 is 21.9 Å². The predicted octanol–water partition coefficient (Wildman–Crippen LogP) is 4.39. The molecule has 2 aromatic rings. The SMILES string of the molecule is CC(NS(=O)(=O)c1ccc(Br)cc1F)c1cccc(Br)c1. The lowest BCUT2D eigenvalue weighted by molar-refractivity contribution is 0.546. The fraction of sp³-hybridized carbons (Fsp3) is 0.143. The molecule has 0 aliphatic carbocycles. The molecule has 0 aromatic heterocycles. The Balaban J connectivity index is 2.29. The van der Waals surface area contributed by atoms with Gasteiger partial charge >= 0.3 is 0 Å². The minimum atomic E-state index is -3.93. The van der Waals surface area contributed by atoms with Crippen molar-refractivity contribution in [2.75, 3.05) is 0 Å². The van der Waals surface area contributed by atoms with Crippen molar-refractivity contribution in [2.24, 2.45) is 0 Å². The summed E-state index contributed by atoms with van der Waals surface area (Å²) in [4.78, 5) is -0.368. The quantitative estimate of drug-likeness (QED) is 0.772. The van der Waals surface area contributed by atoms with Crippen LogP contribution < -0.4 is 4.72 Å². The molecule has 3 nitrogen and oxygen atoms in total. The van der Waals surface area contributed by atoms with Crippen LogP contribution in [0.4, 0.5) is 4.39 Å². The molecule has 1 N–H and O–H groups in total. The molecule has 2 rings (SSSR count). The Kier molecular flexibility index (Phi) is 5.19. The third-order valence-corrected chi connectivity index (χ3v) is 5.42. The average molecular weight is 437 g/mol. The fourth-order valence-corrected chi connectivity index (χ4v) is 3.87. The van der Waals surface area contributed by atoms with E-state index in [1.807, 2.05) is 18.2 Å². The van der Waals surface area contributed by atoms with Crippen molar-refractivity contribution in [3.63, 3.8) is 0 Å². The maximum Gasteiger partial charge on any atom is 0.244 e. The van der Waals surface area contributed by atoms with E-state index in [-0.39, 0.29) is 4.90 Å². The zero-order valence-corrected chi connectivity index (χ0v) is 15.0. The van der Waals surface area contributed by atoms with Crippen LogP contribution in [-0.2, 0) is 10.0 Å². The molecule has 1 atom stereocenters. The lowest BCUT2D eigenvalue weighted by Crippen LogP contribution is -2.27. The summed E-state index contributed by atoms with van der Waals surface area (Å²) in [5, 5.41) is 0. The molecule has 0 saturated heterocycles. The van der Waals surface area contributed by atoms with Gasteiger partial charge in [0.1, 0.15) is 10.7 Å². The molecule has 112 valence electrons. The Morgan fingerprint density at radius 3 is 2.38 bits per heavy atom. The molecule has 0 radical (unpaired) electrons. The van der Waals surface area contributed by atoms with Crippen molar-refractivity contribution in [2.45, 2.75) is 17.9 Å². The zero-order valence-electron chi connectivity index (χ0n) is 11.0. The monoisotopic (exact) mass is 435 g/mol. The van der Waals surface area contributed by atoms with Crippen molar-refractivity contribution in [1.82, 2.24) is 4.72 Å². The molecular formula is C14H12Br2FNO2S. The molecule has 7 heteroatoms.